The number of pyridine rings is 1. The van der Waals surface area contributed by atoms with Crippen molar-refractivity contribution in [3.8, 4) is 0 Å². The summed E-state index contributed by atoms with van der Waals surface area (Å²) in [6, 6.07) is 10.5. The van der Waals surface area contributed by atoms with Crippen molar-refractivity contribution in [3.63, 3.8) is 0 Å². The van der Waals surface area contributed by atoms with E-state index in [4.69, 9.17) is 11.6 Å². The summed E-state index contributed by atoms with van der Waals surface area (Å²) in [6.45, 7) is 2.00. The summed E-state index contributed by atoms with van der Waals surface area (Å²) in [5.41, 5.74) is 2.66. The van der Waals surface area contributed by atoms with Crippen LogP contribution >= 0.6 is 22.9 Å². The number of thiazole rings is 1. The van der Waals surface area contributed by atoms with Crippen LogP contribution in [0.1, 0.15) is 36.4 Å². The van der Waals surface area contributed by atoms with Crippen LogP contribution in [-0.2, 0) is 19.5 Å². The number of hydrogen-bond acceptors (Lipinski definition) is 6. The smallest absolute Gasteiger partial charge is 0.284 e. The third kappa shape index (κ3) is 4.67. The molecule has 0 radical (unpaired) electrons. The van der Waals surface area contributed by atoms with Gasteiger partial charge in [-0.1, -0.05) is 29.8 Å². The van der Waals surface area contributed by atoms with E-state index < -0.39 is 0 Å². The number of anilines is 1. The van der Waals surface area contributed by atoms with Crippen molar-refractivity contribution in [2.45, 2.75) is 19.5 Å². The zero-order valence-corrected chi connectivity index (χ0v) is 17.9. The normalized spacial score (nSPS) is 13.5. The number of nitrogens with zero attached hydrogens (tertiary/aromatic N) is 3. The molecule has 0 bridgehead atoms. The summed E-state index contributed by atoms with van der Waals surface area (Å²) < 4.78 is 0. The van der Waals surface area contributed by atoms with E-state index in [1.54, 1.807) is 12.1 Å². The van der Waals surface area contributed by atoms with Crippen LogP contribution in [0, 0.1) is 0 Å². The largest absolute Gasteiger partial charge is 0.347 e. The molecule has 0 atom stereocenters. The Hall–Kier alpha value is -2.81. The minimum atomic E-state index is -0.338. The number of rotatable bonds is 5. The molecule has 0 aliphatic carbocycles. The standard InChI is InChI=1S/C21H20ClN5O2S/c1-27-9-7-16-18(12-27)30-21(26-16)20(29)25-15-5-3-2-4-13(15)11-24-19(28)17-10-14(22)6-8-23-17/h2-6,8,10H,7,9,11-12H2,1H3,(H,24,28)(H,25,29). The van der Waals surface area contributed by atoms with E-state index >= 15 is 0 Å². The van der Waals surface area contributed by atoms with Crippen molar-refractivity contribution in [1.82, 2.24) is 20.2 Å². The van der Waals surface area contributed by atoms with Gasteiger partial charge < -0.3 is 15.5 Å². The van der Waals surface area contributed by atoms with Crippen LogP contribution in [0.4, 0.5) is 5.69 Å². The van der Waals surface area contributed by atoms with Gasteiger partial charge in [0.2, 0.25) is 0 Å². The Labute approximate surface area is 183 Å². The molecule has 1 aromatic carbocycles. The van der Waals surface area contributed by atoms with E-state index in [9.17, 15) is 9.59 Å². The monoisotopic (exact) mass is 441 g/mol. The number of likely N-dealkylation sites (N-methyl/N-ethyl adjacent to an activating group) is 1. The first kappa shape index (κ1) is 20.5. The second kappa shape index (κ2) is 8.91. The molecule has 2 N–H and O–H groups in total. The third-order valence-electron chi connectivity index (χ3n) is 4.78. The maximum atomic E-state index is 12.8. The lowest BCUT2D eigenvalue weighted by Gasteiger charge is -2.20. The molecule has 3 heterocycles. The first-order chi connectivity index (χ1) is 14.5. The van der Waals surface area contributed by atoms with Gasteiger partial charge in [-0.3, -0.25) is 14.6 Å². The second-order valence-corrected chi connectivity index (χ2v) is 8.55. The molecule has 2 amide bonds. The number of fused-ring (bicyclic) bond motifs is 1. The molecule has 0 saturated heterocycles. The summed E-state index contributed by atoms with van der Waals surface area (Å²) in [6.07, 6.45) is 2.34. The van der Waals surface area contributed by atoms with Crippen molar-refractivity contribution in [1.29, 1.82) is 0 Å². The van der Waals surface area contributed by atoms with Crippen LogP contribution in [0.5, 0.6) is 0 Å². The quantitative estimate of drug-likeness (QED) is 0.634. The molecule has 0 saturated carbocycles. The van der Waals surface area contributed by atoms with E-state index in [0.29, 0.717) is 15.7 Å². The summed E-state index contributed by atoms with van der Waals surface area (Å²) in [5.74, 6) is -0.581. The molecular weight excluding hydrogens is 422 g/mol. The van der Waals surface area contributed by atoms with Crippen LogP contribution in [0.2, 0.25) is 5.02 Å². The molecule has 0 unspecified atom stereocenters. The summed E-state index contributed by atoms with van der Waals surface area (Å²) in [7, 11) is 2.06. The van der Waals surface area contributed by atoms with E-state index in [0.717, 1.165) is 35.6 Å². The number of carbonyl (C=O) groups excluding carboxylic acids is 2. The molecule has 1 aliphatic heterocycles. The molecule has 9 heteroatoms. The van der Waals surface area contributed by atoms with Crippen molar-refractivity contribution in [2.75, 3.05) is 18.9 Å². The molecule has 0 fully saturated rings. The van der Waals surface area contributed by atoms with Crippen LogP contribution in [0.15, 0.2) is 42.6 Å². The van der Waals surface area contributed by atoms with Gasteiger partial charge in [-0.25, -0.2) is 4.98 Å². The first-order valence-electron chi connectivity index (χ1n) is 9.46. The van der Waals surface area contributed by atoms with Gasteiger partial charge in [-0.15, -0.1) is 11.3 Å². The van der Waals surface area contributed by atoms with Crippen molar-refractivity contribution in [3.05, 3.63) is 74.5 Å². The fraction of sp³-hybridized carbons (Fsp3) is 0.238. The maximum Gasteiger partial charge on any atom is 0.284 e. The molecule has 154 valence electrons. The van der Waals surface area contributed by atoms with Crippen LogP contribution in [0.3, 0.4) is 0 Å². The Kier molecular flexibility index (Phi) is 6.08. The number of aromatic nitrogens is 2. The highest BCUT2D eigenvalue weighted by Gasteiger charge is 2.22. The van der Waals surface area contributed by atoms with Gasteiger partial charge in [0.25, 0.3) is 11.8 Å². The van der Waals surface area contributed by atoms with Gasteiger partial charge in [-0.2, -0.15) is 0 Å². The Balaban J connectivity index is 1.44. The molecule has 3 aromatic rings. The third-order valence-corrected chi connectivity index (χ3v) is 6.09. The first-order valence-corrected chi connectivity index (χ1v) is 10.6. The zero-order chi connectivity index (χ0) is 21.1. The van der Waals surface area contributed by atoms with Crippen LogP contribution in [0.25, 0.3) is 0 Å². The van der Waals surface area contributed by atoms with Gasteiger partial charge in [-0.05, 0) is 30.8 Å². The fourth-order valence-corrected chi connectivity index (χ4v) is 4.43. The Morgan fingerprint density at radius 3 is 2.90 bits per heavy atom. The lowest BCUT2D eigenvalue weighted by Crippen LogP contribution is -2.25. The number of benzene rings is 1. The molecule has 2 aromatic heterocycles. The Morgan fingerprint density at radius 2 is 2.07 bits per heavy atom. The summed E-state index contributed by atoms with van der Waals surface area (Å²) in [5, 5.41) is 6.64. The average Bonchev–Trinajstić information content (AvgIpc) is 3.16. The number of carbonyl (C=O) groups is 2. The van der Waals surface area contributed by atoms with Gasteiger partial charge in [0, 0.05) is 47.8 Å². The number of amides is 2. The zero-order valence-electron chi connectivity index (χ0n) is 16.3. The SMILES string of the molecule is CN1CCc2nc(C(=O)Nc3ccccc3CNC(=O)c3cc(Cl)ccn3)sc2C1. The van der Waals surface area contributed by atoms with Crippen molar-refractivity contribution >= 4 is 40.4 Å². The lowest BCUT2D eigenvalue weighted by molar-refractivity contribution is 0.0945. The molecule has 4 rings (SSSR count). The second-order valence-electron chi connectivity index (χ2n) is 7.03. The summed E-state index contributed by atoms with van der Waals surface area (Å²) >= 11 is 7.35. The number of para-hydroxylation sites is 1. The number of nitrogens with one attached hydrogen (secondary N) is 2. The van der Waals surface area contributed by atoms with Crippen molar-refractivity contribution < 1.29 is 9.59 Å². The fourth-order valence-electron chi connectivity index (χ4n) is 3.19. The predicted octanol–water partition coefficient (Wildman–Crippen LogP) is 3.36. The van der Waals surface area contributed by atoms with Crippen LogP contribution in [-0.4, -0.2) is 40.3 Å². The molecule has 0 spiro atoms. The predicted molar refractivity (Wildman–Crippen MR) is 117 cm³/mol. The Bertz CT molecular complexity index is 1100. The van der Waals surface area contributed by atoms with E-state index in [2.05, 4.69) is 32.5 Å². The molecular formula is C21H20ClN5O2S. The molecule has 1 aliphatic rings. The Morgan fingerprint density at radius 1 is 1.23 bits per heavy atom. The minimum Gasteiger partial charge on any atom is -0.347 e. The van der Waals surface area contributed by atoms with E-state index in [-0.39, 0.29) is 24.1 Å². The van der Waals surface area contributed by atoms with E-state index in [1.165, 1.54) is 23.6 Å². The maximum absolute atomic E-state index is 12.8. The van der Waals surface area contributed by atoms with E-state index in [1.807, 2.05) is 18.2 Å². The van der Waals surface area contributed by atoms with Gasteiger partial charge in [0.15, 0.2) is 5.01 Å². The average molecular weight is 442 g/mol. The highest BCUT2D eigenvalue weighted by atomic mass is 35.5. The highest BCUT2D eigenvalue weighted by molar-refractivity contribution is 7.13. The topological polar surface area (TPSA) is 87.2 Å². The van der Waals surface area contributed by atoms with Crippen LogP contribution < -0.4 is 10.6 Å². The minimum absolute atomic E-state index is 0.238. The highest BCUT2D eigenvalue weighted by Crippen LogP contribution is 2.25. The molecule has 7 nitrogen and oxygen atoms in total. The lowest BCUT2D eigenvalue weighted by atomic mass is 10.1. The summed E-state index contributed by atoms with van der Waals surface area (Å²) in [4.78, 5) is 37.0. The number of hydrogen-bond donors (Lipinski definition) is 2. The van der Waals surface area contributed by atoms with Gasteiger partial charge in [0.1, 0.15) is 5.69 Å². The van der Waals surface area contributed by atoms with Crippen molar-refractivity contribution in [2.24, 2.45) is 0 Å². The molecule has 30 heavy (non-hydrogen) atoms. The van der Waals surface area contributed by atoms with Gasteiger partial charge in [0.05, 0.1) is 5.69 Å². The number of halogens is 1. The van der Waals surface area contributed by atoms with Gasteiger partial charge >= 0.3 is 0 Å².